The van der Waals surface area contributed by atoms with Gasteiger partial charge in [0, 0.05) is 28.3 Å². The summed E-state index contributed by atoms with van der Waals surface area (Å²) in [6.07, 6.45) is 0.182. The van der Waals surface area contributed by atoms with Gasteiger partial charge in [-0.25, -0.2) is 4.39 Å². The molecule has 4 rings (SSSR count). The number of hydrogen-bond donors (Lipinski definition) is 1. The Labute approximate surface area is 137 Å². The SMILES string of the molecule is O=C1C[C@@H](c2c(F)cccc2Cl)Nc2ccc3ccccc3c21. The Morgan fingerprint density at radius 3 is 2.70 bits per heavy atom. The van der Waals surface area contributed by atoms with Gasteiger partial charge >= 0.3 is 0 Å². The minimum Gasteiger partial charge on any atom is -0.377 e. The molecule has 1 heterocycles. The summed E-state index contributed by atoms with van der Waals surface area (Å²) in [6, 6.07) is 15.7. The fourth-order valence-electron chi connectivity index (χ4n) is 3.24. The van der Waals surface area contributed by atoms with Gasteiger partial charge in [0.05, 0.1) is 6.04 Å². The van der Waals surface area contributed by atoms with Crippen LogP contribution in [-0.4, -0.2) is 5.78 Å². The molecular weight excluding hydrogens is 313 g/mol. The van der Waals surface area contributed by atoms with E-state index in [0.29, 0.717) is 16.1 Å². The minimum atomic E-state index is -0.454. The molecule has 1 atom stereocenters. The molecule has 23 heavy (non-hydrogen) atoms. The lowest BCUT2D eigenvalue weighted by Gasteiger charge is -2.28. The predicted octanol–water partition coefficient (Wildman–Crippen LogP) is 5.37. The number of anilines is 1. The summed E-state index contributed by atoms with van der Waals surface area (Å²) in [5.41, 5.74) is 1.75. The Kier molecular flexibility index (Phi) is 3.31. The number of hydrogen-bond acceptors (Lipinski definition) is 2. The molecule has 0 saturated carbocycles. The zero-order chi connectivity index (χ0) is 16.0. The molecule has 4 heteroatoms. The van der Waals surface area contributed by atoms with Gasteiger partial charge in [-0.15, -0.1) is 0 Å². The zero-order valence-corrected chi connectivity index (χ0v) is 12.9. The van der Waals surface area contributed by atoms with Crippen molar-refractivity contribution < 1.29 is 9.18 Å². The van der Waals surface area contributed by atoms with E-state index in [-0.39, 0.29) is 12.2 Å². The molecule has 0 radical (unpaired) electrons. The van der Waals surface area contributed by atoms with Crippen molar-refractivity contribution in [3.8, 4) is 0 Å². The van der Waals surface area contributed by atoms with Gasteiger partial charge in [0.1, 0.15) is 5.82 Å². The normalized spacial score (nSPS) is 17.0. The van der Waals surface area contributed by atoms with E-state index in [1.54, 1.807) is 12.1 Å². The van der Waals surface area contributed by atoms with Crippen LogP contribution >= 0.6 is 11.6 Å². The van der Waals surface area contributed by atoms with Crippen LogP contribution in [0.25, 0.3) is 10.8 Å². The maximum Gasteiger partial charge on any atom is 0.167 e. The maximum atomic E-state index is 14.2. The third-order valence-corrected chi connectivity index (χ3v) is 4.60. The highest BCUT2D eigenvalue weighted by atomic mass is 35.5. The Hall–Kier alpha value is -2.39. The van der Waals surface area contributed by atoms with E-state index in [9.17, 15) is 9.18 Å². The lowest BCUT2D eigenvalue weighted by atomic mass is 9.89. The number of carbonyl (C=O) groups excluding carboxylic acids is 1. The second-order valence-electron chi connectivity index (χ2n) is 5.67. The molecule has 0 aromatic heterocycles. The Bertz CT molecular complexity index is 918. The zero-order valence-electron chi connectivity index (χ0n) is 12.1. The van der Waals surface area contributed by atoms with Crippen molar-refractivity contribution >= 4 is 33.8 Å². The number of nitrogens with one attached hydrogen (secondary N) is 1. The average molecular weight is 326 g/mol. The average Bonchev–Trinajstić information content (AvgIpc) is 2.54. The molecule has 3 aromatic carbocycles. The molecule has 2 nitrogen and oxygen atoms in total. The third-order valence-electron chi connectivity index (χ3n) is 4.28. The van der Waals surface area contributed by atoms with E-state index in [4.69, 9.17) is 11.6 Å². The van der Waals surface area contributed by atoms with E-state index >= 15 is 0 Å². The highest BCUT2D eigenvalue weighted by Gasteiger charge is 2.29. The van der Waals surface area contributed by atoms with Crippen LogP contribution in [0.4, 0.5) is 10.1 Å². The summed E-state index contributed by atoms with van der Waals surface area (Å²) in [7, 11) is 0. The summed E-state index contributed by atoms with van der Waals surface area (Å²) in [6.45, 7) is 0. The van der Waals surface area contributed by atoms with Gasteiger partial charge in [-0.2, -0.15) is 0 Å². The summed E-state index contributed by atoms with van der Waals surface area (Å²) in [5.74, 6) is -0.396. The van der Waals surface area contributed by atoms with E-state index in [1.807, 2.05) is 36.4 Å². The summed E-state index contributed by atoms with van der Waals surface area (Å²) in [4.78, 5) is 12.7. The van der Waals surface area contributed by atoms with Crippen LogP contribution in [0.5, 0.6) is 0 Å². The number of halogens is 2. The molecule has 0 saturated heterocycles. The number of rotatable bonds is 1. The monoisotopic (exact) mass is 325 g/mol. The lowest BCUT2D eigenvalue weighted by Crippen LogP contribution is -2.24. The molecule has 1 aliphatic heterocycles. The third kappa shape index (κ3) is 2.28. The van der Waals surface area contributed by atoms with E-state index in [2.05, 4.69) is 5.32 Å². The molecule has 114 valence electrons. The molecule has 0 fully saturated rings. The van der Waals surface area contributed by atoms with Crippen molar-refractivity contribution in [1.29, 1.82) is 0 Å². The standard InChI is InChI=1S/C19H13ClFNO/c20-13-6-3-7-14(21)19(13)16-10-17(23)18-12-5-2-1-4-11(12)8-9-15(18)22-16/h1-9,16,22H,10H2/t16-/m0/s1. The van der Waals surface area contributed by atoms with Crippen LogP contribution in [0.15, 0.2) is 54.6 Å². The van der Waals surface area contributed by atoms with Gasteiger partial charge in [0.15, 0.2) is 5.78 Å². The van der Waals surface area contributed by atoms with E-state index < -0.39 is 11.9 Å². The number of carbonyl (C=O) groups is 1. The molecule has 0 amide bonds. The van der Waals surface area contributed by atoms with Crippen LogP contribution in [0.2, 0.25) is 5.02 Å². The quantitative estimate of drug-likeness (QED) is 0.651. The minimum absolute atomic E-state index is 0.000121. The molecule has 0 bridgehead atoms. The van der Waals surface area contributed by atoms with Gasteiger partial charge in [-0.05, 0) is 29.0 Å². The molecule has 0 aliphatic carbocycles. The molecular formula is C19H13ClFNO. The summed E-state index contributed by atoms with van der Waals surface area (Å²) < 4.78 is 14.2. The smallest absolute Gasteiger partial charge is 0.167 e. The Morgan fingerprint density at radius 2 is 1.87 bits per heavy atom. The van der Waals surface area contributed by atoms with Crippen molar-refractivity contribution in [2.75, 3.05) is 5.32 Å². The van der Waals surface area contributed by atoms with Gasteiger partial charge in [0.2, 0.25) is 0 Å². The van der Waals surface area contributed by atoms with Crippen LogP contribution in [0.1, 0.15) is 28.4 Å². The highest BCUT2D eigenvalue weighted by molar-refractivity contribution is 6.31. The highest BCUT2D eigenvalue weighted by Crippen LogP contribution is 2.39. The molecule has 0 unspecified atom stereocenters. The molecule has 1 N–H and O–H groups in total. The number of ketones is 1. The summed E-state index contributed by atoms with van der Waals surface area (Å²) in [5, 5.41) is 5.54. The van der Waals surface area contributed by atoms with Crippen LogP contribution < -0.4 is 5.32 Å². The van der Waals surface area contributed by atoms with Crippen molar-refractivity contribution in [1.82, 2.24) is 0 Å². The van der Waals surface area contributed by atoms with Gasteiger partial charge in [-0.3, -0.25) is 4.79 Å². The van der Waals surface area contributed by atoms with Crippen LogP contribution in [-0.2, 0) is 0 Å². The first-order chi connectivity index (χ1) is 11.1. The Balaban J connectivity index is 1.85. The van der Waals surface area contributed by atoms with Crippen molar-refractivity contribution in [2.45, 2.75) is 12.5 Å². The first-order valence-electron chi connectivity index (χ1n) is 7.40. The van der Waals surface area contributed by atoms with Gasteiger partial charge in [-0.1, -0.05) is 48.0 Å². The lowest BCUT2D eigenvalue weighted by molar-refractivity contribution is 0.0973. The largest absolute Gasteiger partial charge is 0.377 e. The number of benzene rings is 3. The molecule has 3 aromatic rings. The predicted molar refractivity (Wildman–Crippen MR) is 90.7 cm³/mol. The molecule has 1 aliphatic rings. The van der Waals surface area contributed by atoms with E-state index in [1.165, 1.54) is 6.07 Å². The Morgan fingerprint density at radius 1 is 1.04 bits per heavy atom. The topological polar surface area (TPSA) is 29.1 Å². The fourth-order valence-corrected chi connectivity index (χ4v) is 3.53. The second-order valence-corrected chi connectivity index (χ2v) is 6.08. The van der Waals surface area contributed by atoms with Crippen molar-refractivity contribution in [3.63, 3.8) is 0 Å². The summed E-state index contributed by atoms with van der Waals surface area (Å²) >= 11 is 6.14. The van der Waals surface area contributed by atoms with Crippen LogP contribution in [0, 0.1) is 5.82 Å². The number of Topliss-reactive ketones (excluding diaryl/α,β-unsaturated/α-hetero) is 1. The second kappa shape index (κ2) is 5.36. The number of fused-ring (bicyclic) bond motifs is 3. The van der Waals surface area contributed by atoms with Gasteiger partial charge < -0.3 is 5.32 Å². The van der Waals surface area contributed by atoms with Crippen molar-refractivity contribution in [3.05, 3.63) is 76.6 Å². The molecule has 0 spiro atoms. The first kappa shape index (κ1) is 14.2. The van der Waals surface area contributed by atoms with Crippen LogP contribution in [0.3, 0.4) is 0 Å². The van der Waals surface area contributed by atoms with Gasteiger partial charge in [0.25, 0.3) is 0 Å². The van der Waals surface area contributed by atoms with E-state index in [0.717, 1.165) is 16.5 Å². The fraction of sp³-hybridized carbons (Fsp3) is 0.105. The maximum absolute atomic E-state index is 14.2. The first-order valence-corrected chi connectivity index (χ1v) is 7.78. The van der Waals surface area contributed by atoms with Crippen molar-refractivity contribution in [2.24, 2.45) is 0 Å².